The number of amides is 2. The number of hydrogen-bond donors (Lipinski definition) is 2. The van der Waals surface area contributed by atoms with Crippen molar-refractivity contribution in [1.82, 2.24) is 20.7 Å². The molecule has 4 rings (SSSR count). The number of allylic oxidation sites excluding steroid dienone is 1. The molecule has 8 heteroatoms. The van der Waals surface area contributed by atoms with E-state index in [4.69, 9.17) is 9.73 Å². The Kier molecular flexibility index (Phi) is 7.55. The maximum absolute atomic E-state index is 12.9. The van der Waals surface area contributed by atoms with Gasteiger partial charge in [0.1, 0.15) is 17.5 Å². The molecule has 2 heterocycles. The highest BCUT2D eigenvalue weighted by Gasteiger charge is 2.33. The Morgan fingerprint density at radius 2 is 1.69 bits per heavy atom. The third-order valence-corrected chi connectivity index (χ3v) is 5.66. The van der Waals surface area contributed by atoms with Crippen LogP contribution < -0.4 is 10.7 Å². The van der Waals surface area contributed by atoms with Gasteiger partial charge < -0.3 is 15.0 Å². The number of hydrazine groups is 1. The van der Waals surface area contributed by atoms with Gasteiger partial charge in [0.2, 0.25) is 5.91 Å². The van der Waals surface area contributed by atoms with Crippen molar-refractivity contribution in [1.29, 1.82) is 0 Å². The second kappa shape index (κ2) is 10.8. The first-order valence-corrected chi connectivity index (χ1v) is 12.1. The van der Waals surface area contributed by atoms with Crippen LogP contribution in [0.25, 0.3) is 5.70 Å². The lowest BCUT2D eigenvalue weighted by Crippen LogP contribution is -2.46. The minimum atomic E-state index is -0.561. The molecule has 8 nitrogen and oxygen atoms in total. The minimum Gasteiger partial charge on any atom is -0.444 e. The molecule has 0 saturated heterocycles. The summed E-state index contributed by atoms with van der Waals surface area (Å²) in [4.78, 5) is 31.4. The quantitative estimate of drug-likeness (QED) is 0.578. The summed E-state index contributed by atoms with van der Waals surface area (Å²) in [6, 6.07) is 19.5. The molecule has 0 saturated carbocycles. The molecule has 0 spiro atoms. The van der Waals surface area contributed by atoms with Crippen LogP contribution in [0.4, 0.5) is 4.79 Å². The van der Waals surface area contributed by atoms with Crippen LogP contribution in [-0.2, 0) is 9.53 Å². The highest BCUT2D eigenvalue weighted by molar-refractivity contribution is 6.13. The summed E-state index contributed by atoms with van der Waals surface area (Å²) in [5.74, 6) is 0.528. The number of carbonyl (C=O) groups is 2. The van der Waals surface area contributed by atoms with Gasteiger partial charge in [-0.1, -0.05) is 60.7 Å². The van der Waals surface area contributed by atoms with E-state index in [9.17, 15) is 9.59 Å². The van der Waals surface area contributed by atoms with Gasteiger partial charge in [0, 0.05) is 25.7 Å². The molecule has 36 heavy (non-hydrogen) atoms. The fraction of sp³-hybridized carbons (Fsp3) is 0.321. The van der Waals surface area contributed by atoms with E-state index in [0.717, 1.165) is 22.5 Å². The maximum atomic E-state index is 12.9. The Hall–Kier alpha value is -3.91. The van der Waals surface area contributed by atoms with Crippen molar-refractivity contribution in [2.24, 2.45) is 4.99 Å². The Bertz CT molecular complexity index is 1180. The van der Waals surface area contributed by atoms with Gasteiger partial charge >= 0.3 is 6.09 Å². The van der Waals surface area contributed by atoms with Gasteiger partial charge in [-0.15, -0.1) is 0 Å². The number of carbonyl (C=O) groups excluding carboxylic acids is 2. The van der Waals surface area contributed by atoms with Crippen molar-refractivity contribution in [2.75, 3.05) is 20.1 Å². The standard InChI is InChI=1S/C28H33N5O3/c1-28(2,3)36-27(35)32(4)17-11-16-29-26(34)23-19-25-30-22(20-12-7-5-8-13-20)18-24(33(25)31-23)21-14-9-6-10-15-21/h5-10,12-15,18-19,23,31H,11,16-17H2,1-4H3,(H,29,34). The SMILES string of the molecule is CN(CCCNC(=O)C1C=C2N=C(c3ccccc3)C=C(c3ccccc3)N2N1)C(=O)OC(C)(C)C. The summed E-state index contributed by atoms with van der Waals surface area (Å²) < 4.78 is 5.36. The van der Waals surface area contributed by atoms with Gasteiger partial charge in [-0.3, -0.25) is 9.80 Å². The lowest BCUT2D eigenvalue weighted by Gasteiger charge is -2.28. The van der Waals surface area contributed by atoms with Crippen molar-refractivity contribution in [3.05, 3.63) is 89.8 Å². The largest absolute Gasteiger partial charge is 0.444 e. The monoisotopic (exact) mass is 487 g/mol. The van der Waals surface area contributed by atoms with E-state index >= 15 is 0 Å². The van der Waals surface area contributed by atoms with Crippen molar-refractivity contribution >= 4 is 23.4 Å². The van der Waals surface area contributed by atoms with Crippen LogP contribution in [0, 0.1) is 0 Å². The van der Waals surface area contributed by atoms with Gasteiger partial charge in [-0.05, 0) is 44.9 Å². The summed E-state index contributed by atoms with van der Waals surface area (Å²) in [7, 11) is 1.69. The number of rotatable bonds is 7. The lowest BCUT2D eigenvalue weighted by atomic mass is 10.0. The summed E-state index contributed by atoms with van der Waals surface area (Å²) >= 11 is 0. The van der Waals surface area contributed by atoms with E-state index in [1.165, 1.54) is 4.90 Å². The molecule has 0 aliphatic carbocycles. The first-order chi connectivity index (χ1) is 17.2. The summed E-state index contributed by atoms with van der Waals surface area (Å²) in [5.41, 5.74) is 6.52. The molecule has 2 aromatic rings. The highest BCUT2D eigenvalue weighted by Crippen LogP contribution is 2.31. The maximum Gasteiger partial charge on any atom is 0.410 e. The predicted molar refractivity (Wildman–Crippen MR) is 141 cm³/mol. The number of ether oxygens (including phenoxy) is 1. The molecule has 1 unspecified atom stereocenters. The molecular formula is C28H33N5O3. The Morgan fingerprint density at radius 1 is 1.06 bits per heavy atom. The Morgan fingerprint density at radius 3 is 2.33 bits per heavy atom. The minimum absolute atomic E-state index is 0.152. The molecule has 0 aromatic heterocycles. The van der Waals surface area contributed by atoms with E-state index in [2.05, 4.69) is 10.7 Å². The summed E-state index contributed by atoms with van der Waals surface area (Å²) in [5, 5.41) is 4.82. The third-order valence-electron chi connectivity index (χ3n) is 5.66. The van der Waals surface area contributed by atoms with Gasteiger partial charge in [0.25, 0.3) is 0 Å². The van der Waals surface area contributed by atoms with Crippen LogP contribution in [0.1, 0.15) is 38.3 Å². The summed E-state index contributed by atoms with van der Waals surface area (Å²) in [6.45, 7) is 6.42. The van der Waals surface area contributed by atoms with E-state index in [-0.39, 0.29) is 12.0 Å². The molecule has 2 aliphatic heterocycles. The molecule has 2 N–H and O–H groups in total. The van der Waals surface area contributed by atoms with Gasteiger partial charge in [0.15, 0.2) is 0 Å². The van der Waals surface area contributed by atoms with Crippen LogP contribution in [-0.4, -0.2) is 59.4 Å². The highest BCUT2D eigenvalue weighted by atomic mass is 16.6. The zero-order chi connectivity index (χ0) is 25.7. The van der Waals surface area contributed by atoms with Crippen LogP contribution in [0.15, 0.2) is 83.6 Å². The van der Waals surface area contributed by atoms with Crippen molar-refractivity contribution < 1.29 is 14.3 Å². The molecule has 2 aromatic carbocycles. The van der Waals surface area contributed by atoms with Crippen molar-refractivity contribution in [2.45, 2.75) is 38.8 Å². The predicted octanol–water partition coefficient (Wildman–Crippen LogP) is 3.93. The molecule has 0 bridgehead atoms. The first kappa shape index (κ1) is 25.2. The molecule has 188 valence electrons. The lowest BCUT2D eigenvalue weighted by molar-refractivity contribution is -0.122. The van der Waals surface area contributed by atoms with E-state index in [0.29, 0.717) is 25.3 Å². The fourth-order valence-electron chi connectivity index (χ4n) is 3.88. The number of nitrogens with one attached hydrogen (secondary N) is 2. The number of hydrogen-bond acceptors (Lipinski definition) is 6. The average molecular weight is 488 g/mol. The van der Waals surface area contributed by atoms with Crippen LogP contribution >= 0.6 is 0 Å². The third kappa shape index (κ3) is 6.20. The number of nitrogens with zero attached hydrogens (tertiary/aromatic N) is 3. The van der Waals surface area contributed by atoms with Crippen molar-refractivity contribution in [3.8, 4) is 0 Å². The molecular weight excluding hydrogens is 454 g/mol. The zero-order valence-electron chi connectivity index (χ0n) is 21.2. The molecule has 0 radical (unpaired) electrons. The second-order valence-corrected chi connectivity index (χ2v) is 9.77. The van der Waals surface area contributed by atoms with Crippen LogP contribution in [0.5, 0.6) is 0 Å². The van der Waals surface area contributed by atoms with Crippen LogP contribution in [0.2, 0.25) is 0 Å². The van der Waals surface area contributed by atoms with E-state index in [1.807, 2.05) is 98.6 Å². The smallest absolute Gasteiger partial charge is 0.410 e. The van der Waals surface area contributed by atoms with Gasteiger partial charge in [0.05, 0.1) is 11.4 Å². The van der Waals surface area contributed by atoms with Gasteiger partial charge in [-0.25, -0.2) is 15.2 Å². The first-order valence-electron chi connectivity index (χ1n) is 12.1. The Balaban J connectivity index is 1.40. The number of aliphatic imine (C=N–C) groups is 1. The number of benzene rings is 2. The van der Waals surface area contributed by atoms with E-state index in [1.54, 1.807) is 7.05 Å². The Labute approximate surface area is 212 Å². The van der Waals surface area contributed by atoms with Crippen LogP contribution in [0.3, 0.4) is 0 Å². The molecule has 1 atom stereocenters. The molecule has 2 amide bonds. The average Bonchev–Trinajstić information content (AvgIpc) is 3.30. The normalized spacial score (nSPS) is 16.9. The fourth-order valence-corrected chi connectivity index (χ4v) is 3.88. The number of fused-ring (bicyclic) bond motifs is 1. The summed E-state index contributed by atoms with van der Waals surface area (Å²) in [6.07, 6.45) is 4.10. The van der Waals surface area contributed by atoms with Crippen molar-refractivity contribution in [3.63, 3.8) is 0 Å². The molecule has 2 aliphatic rings. The molecule has 0 fully saturated rings. The van der Waals surface area contributed by atoms with Gasteiger partial charge in [-0.2, -0.15) is 0 Å². The van der Waals surface area contributed by atoms with E-state index < -0.39 is 11.6 Å². The second-order valence-electron chi connectivity index (χ2n) is 9.77. The topological polar surface area (TPSA) is 86.3 Å². The zero-order valence-corrected chi connectivity index (χ0v) is 21.2.